The predicted octanol–water partition coefficient (Wildman–Crippen LogP) is 1.50. The van der Waals surface area contributed by atoms with Crippen LogP contribution in [-0.2, 0) is 39.7 Å². The molecule has 226 valence electrons. The van der Waals surface area contributed by atoms with Gasteiger partial charge in [-0.2, -0.15) is 4.31 Å². The second kappa shape index (κ2) is 13.9. The van der Waals surface area contributed by atoms with Crippen molar-refractivity contribution in [3.63, 3.8) is 0 Å². The highest BCUT2D eigenvalue weighted by Gasteiger charge is 2.47. The monoisotopic (exact) mass is 590 g/mol. The molecule has 2 amide bonds. The van der Waals surface area contributed by atoms with E-state index in [1.165, 1.54) is 9.21 Å². The highest BCUT2D eigenvalue weighted by atomic mass is 32.2. The van der Waals surface area contributed by atoms with Crippen molar-refractivity contribution >= 4 is 33.6 Å². The number of nitrogens with one attached hydrogen (secondary N) is 1. The number of esters is 1. The van der Waals surface area contributed by atoms with Crippen molar-refractivity contribution in [2.75, 3.05) is 19.7 Å². The topological polar surface area (TPSA) is 156 Å². The van der Waals surface area contributed by atoms with Gasteiger partial charge in [0.1, 0.15) is 6.04 Å². The number of carbonyl (C=O) groups is 4. The number of nitrogens with two attached hydrogens (primary N) is 1. The van der Waals surface area contributed by atoms with E-state index >= 15 is 0 Å². The Morgan fingerprint density at radius 3 is 2.46 bits per heavy atom. The molecule has 2 saturated heterocycles. The number of hydrogen-bond donors (Lipinski definition) is 2. The molecule has 3 N–H and O–H groups in total. The molecule has 41 heavy (non-hydrogen) atoms. The zero-order valence-corrected chi connectivity index (χ0v) is 24.5. The smallest absolute Gasteiger partial charge is 0.376 e. The first-order valence-corrected chi connectivity index (χ1v) is 16.3. The van der Waals surface area contributed by atoms with E-state index in [0.29, 0.717) is 31.2 Å². The van der Waals surface area contributed by atoms with E-state index in [9.17, 15) is 27.6 Å². The van der Waals surface area contributed by atoms with Crippen molar-refractivity contribution < 1.29 is 32.3 Å². The third-order valence-electron chi connectivity index (χ3n) is 8.43. The fourth-order valence-electron chi connectivity index (χ4n) is 6.10. The summed E-state index contributed by atoms with van der Waals surface area (Å²) in [7, 11) is -3.74. The molecule has 3 fully saturated rings. The first kappa shape index (κ1) is 31.1. The molecular formula is C29H42N4O7S. The fraction of sp³-hybridized carbons (Fsp3) is 0.655. The van der Waals surface area contributed by atoms with Crippen LogP contribution in [0, 0.1) is 5.92 Å². The van der Waals surface area contributed by atoms with Gasteiger partial charge in [0.15, 0.2) is 0 Å². The van der Waals surface area contributed by atoms with E-state index in [-0.39, 0.29) is 37.4 Å². The van der Waals surface area contributed by atoms with Crippen molar-refractivity contribution in [3.8, 4) is 0 Å². The molecule has 2 aliphatic heterocycles. The molecule has 1 aromatic rings. The van der Waals surface area contributed by atoms with Gasteiger partial charge in [0.2, 0.25) is 21.8 Å². The van der Waals surface area contributed by atoms with Gasteiger partial charge >= 0.3 is 5.97 Å². The summed E-state index contributed by atoms with van der Waals surface area (Å²) < 4.78 is 32.5. The molecule has 0 radical (unpaired) electrons. The highest BCUT2D eigenvalue weighted by Crippen LogP contribution is 2.31. The average Bonchev–Trinajstić information content (AvgIpc) is 3.39. The third kappa shape index (κ3) is 7.92. The second-order valence-electron chi connectivity index (χ2n) is 11.5. The zero-order valence-electron chi connectivity index (χ0n) is 23.7. The van der Waals surface area contributed by atoms with E-state index in [0.717, 1.165) is 32.1 Å². The fourth-order valence-corrected chi connectivity index (χ4v) is 7.60. The normalized spacial score (nSPS) is 25.8. The Labute approximate surface area is 242 Å². The molecule has 11 nitrogen and oxygen atoms in total. The molecule has 0 spiro atoms. The van der Waals surface area contributed by atoms with Gasteiger partial charge in [-0.3, -0.25) is 14.4 Å². The summed E-state index contributed by atoms with van der Waals surface area (Å²) in [4.78, 5) is 53.8. The lowest BCUT2D eigenvalue weighted by Crippen LogP contribution is -2.60. The Kier molecular flexibility index (Phi) is 10.5. The molecule has 1 aliphatic carbocycles. The molecule has 2 heterocycles. The summed E-state index contributed by atoms with van der Waals surface area (Å²) in [5, 5.41) is 2.77. The molecule has 1 saturated carbocycles. The van der Waals surface area contributed by atoms with E-state index < -0.39 is 51.7 Å². The van der Waals surface area contributed by atoms with E-state index in [1.54, 1.807) is 30.3 Å². The van der Waals surface area contributed by atoms with Gasteiger partial charge in [-0.05, 0) is 62.8 Å². The van der Waals surface area contributed by atoms with Gasteiger partial charge in [-0.15, -0.1) is 0 Å². The van der Waals surface area contributed by atoms with Crippen LogP contribution in [-0.4, -0.2) is 85.1 Å². The van der Waals surface area contributed by atoms with Crippen molar-refractivity contribution in [1.29, 1.82) is 0 Å². The summed E-state index contributed by atoms with van der Waals surface area (Å²) in [6.45, 7) is 1.85. The first-order chi connectivity index (χ1) is 19.6. The number of fused-ring (bicyclic) bond motifs is 1. The molecule has 12 heteroatoms. The van der Waals surface area contributed by atoms with Crippen LogP contribution in [0.5, 0.6) is 0 Å². The Morgan fingerprint density at radius 1 is 1.07 bits per heavy atom. The second-order valence-corrected chi connectivity index (χ2v) is 13.5. The van der Waals surface area contributed by atoms with Crippen LogP contribution in [0.4, 0.5) is 0 Å². The van der Waals surface area contributed by atoms with E-state index in [2.05, 4.69) is 5.32 Å². The van der Waals surface area contributed by atoms with Crippen molar-refractivity contribution in [1.82, 2.24) is 14.5 Å². The number of benzene rings is 1. The van der Waals surface area contributed by atoms with Crippen LogP contribution >= 0.6 is 0 Å². The third-order valence-corrected chi connectivity index (χ3v) is 10.2. The number of ketones is 1. The molecule has 0 bridgehead atoms. The Bertz CT molecular complexity index is 1200. The molecule has 1 unspecified atom stereocenters. The molecule has 0 aromatic heterocycles. The van der Waals surface area contributed by atoms with Crippen LogP contribution < -0.4 is 11.1 Å². The molecule has 3 aliphatic rings. The minimum atomic E-state index is -3.74. The summed E-state index contributed by atoms with van der Waals surface area (Å²) in [5.74, 6) is -2.78. The number of amides is 2. The quantitative estimate of drug-likeness (QED) is 0.211. The van der Waals surface area contributed by atoms with Crippen molar-refractivity contribution in [3.05, 3.63) is 35.9 Å². The van der Waals surface area contributed by atoms with Gasteiger partial charge in [0.25, 0.3) is 5.78 Å². The standard InChI is InChI=1S/C29H42N4O7S/c1-2-3-15-40-29(37)27(35)24(16-20-9-11-22(30)12-10-20)31-28(36)25-14-13-23-17-32(18-26(34)33(23)25)41(38,39)19-21-7-5-4-6-8-21/h4-8,20,22-25H,2-3,9-19,30H2,1H3,(H,31,36)/t20?,22?,23-,24?,25-/m0/s1. The number of sulfonamides is 1. The lowest BCUT2D eigenvalue weighted by atomic mass is 9.82. The Hall–Kier alpha value is -2.83. The van der Waals surface area contributed by atoms with Crippen LogP contribution in [0.3, 0.4) is 0 Å². The number of carbonyl (C=O) groups excluding carboxylic acids is 4. The van der Waals surface area contributed by atoms with Gasteiger partial charge in [0.05, 0.1) is 24.9 Å². The van der Waals surface area contributed by atoms with Gasteiger partial charge in [0, 0.05) is 18.6 Å². The largest absolute Gasteiger partial charge is 0.460 e. The van der Waals surface area contributed by atoms with Gasteiger partial charge in [-0.25, -0.2) is 13.2 Å². The molecule has 4 rings (SSSR count). The average molecular weight is 591 g/mol. The van der Waals surface area contributed by atoms with E-state index in [1.807, 2.05) is 6.92 Å². The maximum atomic E-state index is 13.5. The van der Waals surface area contributed by atoms with Crippen molar-refractivity contribution in [2.45, 2.75) is 94.6 Å². The maximum absolute atomic E-state index is 13.5. The SMILES string of the molecule is CCCCOC(=O)C(=O)C(CC1CCC(N)CC1)NC(=O)[C@@H]1CC[C@H]2CN(S(=O)(=O)Cc3ccccc3)CC(=O)N21. The summed E-state index contributed by atoms with van der Waals surface area (Å²) in [6, 6.07) is 6.57. The minimum absolute atomic E-state index is 0.110. The zero-order chi connectivity index (χ0) is 29.6. The molecule has 1 aromatic carbocycles. The summed E-state index contributed by atoms with van der Waals surface area (Å²) in [6.07, 6.45) is 5.78. The Morgan fingerprint density at radius 2 is 1.78 bits per heavy atom. The number of nitrogens with zero attached hydrogens (tertiary/aromatic N) is 2. The number of rotatable bonds is 12. The van der Waals surface area contributed by atoms with Crippen LogP contribution in [0.15, 0.2) is 30.3 Å². The van der Waals surface area contributed by atoms with Crippen molar-refractivity contribution in [2.24, 2.45) is 11.7 Å². The number of Topliss-reactive ketones (excluding diaryl/α,β-unsaturated/α-hetero) is 1. The molecular weight excluding hydrogens is 548 g/mol. The summed E-state index contributed by atoms with van der Waals surface area (Å²) >= 11 is 0. The van der Waals surface area contributed by atoms with Crippen LogP contribution in [0.25, 0.3) is 0 Å². The number of unbranched alkanes of at least 4 members (excludes halogenated alkanes) is 1. The summed E-state index contributed by atoms with van der Waals surface area (Å²) in [5.41, 5.74) is 6.66. The lowest BCUT2D eigenvalue weighted by Gasteiger charge is -2.39. The highest BCUT2D eigenvalue weighted by molar-refractivity contribution is 7.88. The van der Waals surface area contributed by atoms with Gasteiger partial charge in [-0.1, -0.05) is 43.7 Å². The molecule has 3 atom stereocenters. The van der Waals surface area contributed by atoms with E-state index in [4.69, 9.17) is 10.5 Å². The number of piperazine rings is 1. The number of hydrogen-bond acceptors (Lipinski definition) is 8. The first-order valence-electron chi connectivity index (χ1n) is 14.7. The minimum Gasteiger partial charge on any atom is -0.460 e. The predicted molar refractivity (Wildman–Crippen MR) is 152 cm³/mol. The van der Waals surface area contributed by atoms with Crippen LogP contribution in [0.2, 0.25) is 0 Å². The van der Waals surface area contributed by atoms with Crippen LogP contribution in [0.1, 0.15) is 70.3 Å². The maximum Gasteiger partial charge on any atom is 0.376 e. The number of ether oxygens (including phenoxy) is 1. The van der Waals surface area contributed by atoms with Gasteiger partial charge < -0.3 is 20.7 Å². The Balaban J connectivity index is 1.41. The lowest BCUT2D eigenvalue weighted by molar-refractivity contribution is -0.155.